The van der Waals surface area contributed by atoms with E-state index in [1.54, 1.807) is 0 Å². The lowest BCUT2D eigenvalue weighted by Crippen LogP contribution is -2.26. The van der Waals surface area contributed by atoms with E-state index in [2.05, 4.69) is 180 Å². The highest BCUT2D eigenvalue weighted by Gasteiger charge is 2.29. The molecule has 0 aliphatic heterocycles. The Morgan fingerprint density at radius 3 is 1.05 bits per heavy atom. The fourth-order valence-electron chi connectivity index (χ4n) is 12.1. The maximum absolute atomic E-state index is 11.5. The summed E-state index contributed by atoms with van der Waals surface area (Å²) in [4.78, 5) is 22.8. The minimum Gasteiger partial charge on any atom is -0.481 e. The molecule has 4 N–H and O–H groups in total. The molecule has 78 heavy (non-hydrogen) atoms. The molecule has 0 bridgehead atoms. The first kappa shape index (κ1) is 83.3. The molecule has 0 fully saturated rings. The summed E-state index contributed by atoms with van der Waals surface area (Å²) in [7, 11) is 0. The number of unbranched alkanes of at least 4 members (excludes halogenated alkanes) is 2. The minimum absolute atomic E-state index is 0.122. The van der Waals surface area contributed by atoms with Crippen molar-refractivity contribution in [1.29, 1.82) is 0 Å². The smallest absolute Gasteiger partial charge is 0.306 e. The maximum atomic E-state index is 11.5. The molecule has 0 rings (SSSR count). The van der Waals surface area contributed by atoms with Gasteiger partial charge in [0.2, 0.25) is 0 Å². The molecule has 0 aromatic carbocycles. The van der Waals surface area contributed by atoms with Crippen LogP contribution < -0.4 is 0 Å². The number of aliphatic hydroxyl groups is 2. The summed E-state index contributed by atoms with van der Waals surface area (Å²) in [6, 6.07) is 0. The molecule has 0 saturated carbocycles. The SMILES string of the molecule is CC(CCC(C(=O)O)C(C)CC(C)(C)C)CC(C)(C)C.CC(CCC(CO)C(C)CC(C)(C)C)CC(C)(C)C.CCCC(C)CCC(CCCCC(C)C(C)C)C(=O)O.CCCC(C)CCC(CO)CCCCC(C)C(C)C. The number of aliphatic carboxylic acids is 2. The third-order valence-electron chi connectivity index (χ3n) is 17.3. The van der Waals surface area contributed by atoms with Crippen molar-refractivity contribution < 1.29 is 30.0 Å². The van der Waals surface area contributed by atoms with Crippen LogP contribution in [0.1, 0.15) is 334 Å². The van der Waals surface area contributed by atoms with Crippen LogP contribution in [0.3, 0.4) is 0 Å². The average molecular weight is 1110 g/mol. The summed E-state index contributed by atoms with van der Waals surface area (Å²) in [6.45, 7) is 59.7. The van der Waals surface area contributed by atoms with E-state index in [-0.39, 0.29) is 23.2 Å². The summed E-state index contributed by atoms with van der Waals surface area (Å²) in [5.41, 5.74) is 1.31. The number of hydrogen-bond donors (Lipinski definition) is 4. The number of carboxylic acid groups (broad SMARTS) is 2. The minimum atomic E-state index is -0.621. The fraction of sp³-hybridized carbons (Fsp3) is 0.972. The molecule has 6 heteroatoms. The highest BCUT2D eigenvalue weighted by molar-refractivity contribution is 5.70. The summed E-state index contributed by atoms with van der Waals surface area (Å²) < 4.78 is 0. The Kier molecular flexibility index (Phi) is 48.4. The quantitative estimate of drug-likeness (QED) is 0.0458. The first-order valence-corrected chi connectivity index (χ1v) is 33.3. The molecule has 0 aliphatic rings. The Morgan fingerprint density at radius 1 is 0.346 bits per heavy atom. The van der Waals surface area contributed by atoms with E-state index < -0.39 is 11.9 Å². The van der Waals surface area contributed by atoms with Crippen molar-refractivity contribution in [2.24, 2.45) is 105 Å². The third kappa shape index (κ3) is 54.1. The first-order chi connectivity index (χ1) is 35.6. The highest BCUT2D eigenvalue weighted by atomic mass is 16.4. The van der Waals surface area contributed by atoms with Crippen molar-refractivity contribution in [3.05, 3.63) is 0 Å². The molecule has 0 spiro atoms. The normalized spacial score (nSPS) is 17.1. The van der Waals surface area contributed by atoms with Gasteiger partial charge in [0.1, 0.15) is 0 Å². The number of aliphatic hydroxyl groups excluding tert-OH is 2. The van der Waals surface area contributed by atoms with Gasteiger partial charge in [0.15, 0.2) is 0 Å². The molecule has 12 unspecified atom stereocenters. The zero-order valence-electron chi connectivity index (χ0n) is 58.1. The second-order valence-electron chi connectivity index (χ2n) is 32.3. The van der Waals surface area contributed by atoms with Crippen LogP contribution in [0.5, 0.6) is 0 Å². The van der Waals surface area contributed by atoms with Crippen molar-refractivity contribution in [3.8, 4) is 0 Å². The monoisotopic (exact) mass is 1110 g/mol. The summed E-state index contributed by atoms with van der Waals surface area (Å²) in [5.74, 6) is 6.35. The van der Waals surface area contributed by atoms with Crippen LogP contribution in [-0.4, -0.2) is 45.6 Å². The van der Waals surface area contributed by atoms with Crippen molar-refractivity contribution in [2.75, 3.05) is 13.2 Å². The largest absolute Gasteiger partial charge is 0.481 e. The highest BCUT2D eigenvalue weighted by Crippen LogP contribution is 2.36. The number of carboxylic acids is 2. The standard InChI is InChI=1S/2C18H36O2.2C18H38O/c1-13(11-17(3,4)5)9-10-15(16(19)20)14(2)12-18(6,7)8;1-6-9-15(4)12-13-17(18(19)20)11-8-7-10-16(5)14(2)3;1-14(11-17(3,4)5)9-10-16(13-19)15(2)12-18(6,7)8;1-6-9-16(4)12-13-18(14-19)11-8-7-10-17(5)15(2)3/h13-15H,9-12H2,1-8H3,(H,19,20);14-17H,6-13H2,1-5H3,(H,19,20);14-16,19H,9-13H2,1-8H3;15-19H,6-14H2,1-5H3. The van der Waals surface area contributed by atoms with Crippen LogP contribution in [0.15, 0.2) is 0 Å². The Bertz CT molecular complexity index is 1370. The number of carbonyl (C=O) groups is 2. The van der Waals surface area contributed by atoms with E-state index in [4.69, 9.17) is 0 Å². The van der Waals surface area contributed by atoms with E-state index in [0.717, 1.165) is 86.9 Å². The lowest BCUT2D eigenvalue weighted by Gasteiger charge is -2.30. The van der Waals surface area contributed by atoms with E-state index in [0.29, 0.717) is 59.0 Å². The van der Waals surface area contributed by atoms with Gasteiger partial charge in [-0.15, -0.1) is 0 Å². The van der Waals surface area contributed by atoms with Gasteiger partial charge in [-0.3, -0.25) is 9.59 Å². The molecule has 0 amide bonds. The van der Waals surface area contributed by atoms with Crippen molar-refractivity contribution >= 4 is 11.9 Å². The van der Waals surface area contributed by atoms with Gasteiger partial charge in [-0.05, 0) is 170 Å². The van der Waals surface area contributed by atoms with Crippen LogP contribution in [0.2, 0.25) is 0 Å². The average Bonchev–Trinajstić information content (AvgIpc) is 3.26. The molecule has 6 nitrogen and oxygen atoms in total. The number of hydrogen-bond acceptors (Lipinski definition) is 4. The molecular formula is C72H148O6. The van der Waals surface area contributed by atoms with Crippen LogP contribution in [-0.2, 0) is 9.59 Å². The van der Waals surface area contributed by atoms with Gasteiger partial charge in [0.05, 0.1) is 11.8 Å². The molecule has 12 atom stereocenters. The van der Waals surface area contributed by atoms with Crippen molar-refractivity contribution in [2.45, 2.75) is 334 Å². The predicted molar refractivity (Wildman–Crippen MR) is 346 cm³/mol. The molecule has 0 saturated heterocycles. The molecule has 472 valence electrons. The zero-order valence-corrected chi connectivity index (χ0v) is 58.1. The van der Waals surface area contributed by atoms with E-state index >= 15 is 0 Å². The summed E-state index contributed by atoms with van der Waals surface area (Å²) in [6.07, 6.45) is 27.9. The van der Waals surface area contributed by atoms with E-state index in [9.17, 15) is 30.0 Å². The van der Waals surface area contributed by atoms with Gasteiger partial charge < -0.3 is 20.4 Å². The van der Waals surface area contributed by atoms with Crippen LogP contribution in [0, 0.1) is 105 Å². The maximum Gasteiger partial charge on any atom is 0.306 e. The Labute approximate surface area is 491 Å². The molecular weight excluding hydrogens is 961 g/mol. The molecule has 0 radical (unpaired) electrons. The summed E-state index contributed by atoms with van der Waals surface area (Å²) in [5, 5.41) is 37.9. The molecule has 0 aromatic rings. The topological polar surface area (TPSA) is 115 Å². The van der Waals surface area contributed by atoms with Crippen LogP contribution in [0.25, 0.3) is 0 Å². The molecule has 0 aromatic heterocycles. The van der Waals surface area contributed by atoms with Crippen LogP contribution >= 0.6 is 0 Å². The third-order valence-corrected chi connectivity index (χ3v) is 17.3. The second-order valence-corrected chi connectivity index (χ2v) is 32.3. The van der Waals surface area contributed by atoms with Gasteiger partial charge in [0, 0.05) is 13.2 Å². The zero-order chi connectivity index (χ0) is 61.6. The Morgan fingerprint density at radius 2 is 0.705 bits per heavy atom. The second kappa shape index (κ2) is 45.3. The van der Waals surface area contributed by atoms with Gasteiger partial charge in [-0.1, -0.05) is 257 Å². The van der Waals surface area contributed by atoms with E-state index in [1.807, 2.05) is 0 Å². The Balaban J connectivity index is -0.000000468. The van der Waals surface area contributed by atoms with Gasteiger partial charge in [0.25, 0.3) is 0 Å². The van der Waals surface area contributed by atoms with E-state index in [1.165, 1.54) is 103 Å². The van der Waals surface area contributed by atoms with Crippen molar-refractivity contribution in [3.63, 3.8) is 0 Å². The number of rotatable bonds is 38. The van der Waals surface area contributed by atoms with Crippen LogP contribution in [0.4, 0.5) is 0 Å². The lowest BCUT2D eigenvalue weighted by atomic mass is 9.76. The lowest BCUT2D eigenvalue weighted by molar-refractivity contribution is -0.144. The summed E-state index contributed by atoms with van der Waals surface area (Å²) >= 11 is 0. The van der Waals surface area contributed by atoms with Gasteiger partial charge in [-0.2, -0.15) is 0 Å². The molecule has 0 heterocycles. The Hall–Kier alpha value is -1.14. The predicted octanol–water partition coefficient (Wildman–Crippen LogP) is 22.6. The fourth-order valence-corrected chi connectivity index (χ4v) is 12.1. The first-order valence-electron chi connectivity index (χ1n) is 33.3. The van der Waals surface area contributed by atoms with Gasteiger partial charge in [-0.25, -0.2) is 0 Å². The molecule has 0 aliphatic carbocycles. The van der Waals surface area contributed by atoms with Crippen molar-refractivity contribution in [1.82, 2.24) is 0 Å². The van der Waals surface area contributed by atoms with Gasteiger partial charge >= 0.3 is 11.9 Å².